The van der Waals surface area contributed by atoms with Crippen molar-refractivity contribution in [1.29, 1.82) is 0 Å². The summed E-state index contributed by atoms with van der Waals surface area (Å²) in [5, 5.41) is 3.42. The Hall–Kier alpha value is 0.01000. The summed E-state index contributed by atoms with van der Waals surface area (Å²) in [5.41, 5.74) is 0. The van der Waals surface area contributed by atoms with E-state index in [1.54, 1.807) is 0 Å². The summed E-state index contributed by atoms with van der Waals surface area (Å²) in [5.74, 6) is 2.11. The molecule has 1 aliphatic carbocycles. The van der Waals surface area contributed by atoms with E-state index in [0.717, 1.165) is 10.4 Å². The van der Waals surface area contributed by atoms with Crippen LogP contribution in [0.25, 0.3) is 0 Å². The molecule has 3 heteroatoms. The third kappa shape index (κ3) is 3.51. The molecule has 1 fully saturated rings. The predicted molar refractivity (Wildman–Crippen MR) is 70.4 cm³/mol. The molecular weight excluding hydrogens is 270 g/mol. The smallest absolute Gasteiger partial charge is 0.0186 e. The summed E-state index contributed by atoms with van der Waals surface area (Å²) in [6.45, 7) is 0. The summed E-state index contributed by atoms with van der Waals surface area (Å²) < 4.78 is 1.15. The molecule has 0 radical (unpaired) electrons. The first-order chi connectivity index (χ1) is 7.29. The van der Waals surface area contributed by atoms with Gasteiger partial charge in [-0.2, -0.15) is 0 Å². The number of nitrogens with one attached hydrogen (secondary N) is 1. The molecule has 0 heterocycles. The summed E-state index contributed by atoms with van der Waals surface area (Å²) in [7, 11) is 2.07. The van der Waals surface area contributed by atoms with Crippen LogP contribution in [0.15, 0.2) is 33.6 Å². The van der Waals surface area contributed by atoms with Crippen molar-refractivity contribution < 1.29 is 0 Å². The van der Waals surface area contributed by atoms with E-state index in [4.69, 9.17) is 0 Å². The first-order valence-corrected chi connectivity index (χ1v) is 7.13. The van der Waals surface area contributed by atoms with Crippen LogP contribution in [0.5, 0.6) is 0 Å². The Balaban J connectivity index is 1.83. The quantitative estimate of drug-likeness (QED) is 0.831. The second-order valence-corrected chi connectivity index (χ2v) is 6.01. The van der Waals surface area contributed by atoms with E-state index >= 15 is 0 Å². The average molecular weight is 286 g/mol. The van der Waals surface area contributed by atoms with Crippen LogP contribution in [0.3, 0.4) is 0 Å². The van der Waals surface area contributed by atoms with Gasteiger partial charge >= 0.3 is 0 Å². The molecule has 1 N–H and O–H groups in total. The molecule has 1 aromatic carbocycles. The topological polar surface area (TPSA) is 12.0 Å². The van der Waals surface area contributed by atoms with Crippen LogP contribution < -0.4 is 5.32 Å². The Morgan fingerprint density at radius 2 is 2.07 bits per heavy atom. The molecule has 15 heavy (non-hydrogen) atoms. The van der Waals surface area contributed by atoms with Gasteiger partial charge in [0.2, 0.25) is 0 Å². The first kappa shape index (κ1) is 11.5. The lowest BCUT2D eigenvalue weighted by Gasteiger charge is -2.14. The molecule has 0 spiro atoms. The fourth-order valence-corrected chi connectivity index (χ4v) is 3.07. The molecule has 1 saturated carbocycles. The Labute approximate surface area is 104 Å². The van der Waals surface area contributed by atoms with Crippen LogP contribution in [0.2, 0.25) is 0 Å². The van der Waals surface area contributed by atoms with Gasteiger partial charge in [-0.1, -0.05) is 15.9 Å². The van der Waals surface area contributed by atoms with Gasteiger partial charge in [0.05, 0.1) is 0 Å². The van der Waals surface area contributed by atoms with Crippen molar-refractivity contribution in [3.05, 3.63) is 28.7 Å². The molecule has 0 saturated heterocycles. The van der Waals surface area contributed by atoms with E-state index < -0.39 is 0 Å². The fourth-order valence-electron chi connectivity index (χ4n) is 1.67. The average Bonchev–Trinajstić information content (AvgIpc) is 3.06. The van der Waals surface area contributed by atoms with Crippen molar-refractivity contribution in [3.63, 3.8) is 0 Å². The molecule has 1 unspecified atom stereocenters. The van der Waals surface area contributed by atoms with Gasteiger partial charge in [0.15, 0.2) is 0 Å². The predicted octanol–water partition coefficient (Wildman–Crippen LogP) is 3.54. The standard InChI is InChI=1S/C12H16BrNS/c1-14-12(9-2-3-9)8-15-11-6-4-10(13)5-7-11/h4-7,9,12,14H,2-3,8H2,1H3. The Morgan fingerprint density at radius 3 is 2.60 bits per heavy atom. The van der Waals surface area contributed by atoms with E-state index in [1.807, 2.05) is 11.8 Å². The fraction of sp³-hybridized carbons (Fsp3) is 0.500. The van der Waals surface area contributed by atoms with Crippen molar-refractivity contribution in [2.45, 2.75) is 23.8 Å². The molecule has 1 atom stereocenters. The van der Waals surface area contributed by atoms with Crippen molar-refractivity contribution in [2.75, 3.05) is 12.8 Å². The minimum Gasteiger partial charge on any atom is -0.316 e. The van der Waals surface area contributed by atoms with Gasteiger partial charge in [-0.05, 0) is 50.1 Å². The highest BCUT2D eigenvalue weighted by Gasteiger charge is 2.29. The minimum atomic E-state index is 0.693. The lowest BCUT2D eigenvalue weighted by atomic mass is 10.2. The highest BCUT2D eigenvalue weighted by atomic mass is 79.9. The van der Waals surface area contributed by atoms with Crippen LogP contribution in [-0.4, -0.2) is 18.8 Å². The van der Waals surface area contributed by atoms with Crippen LogP contribution in [0, 0.1) is 5.92 Å². The SMILES string of the molecule is CNC(CSc1ccc(Br)cc1)C1CC1. The molecule has 0 aromatic heterocycles. The normalized spacial score (nSPS) is 17.7. The van der Waals surface area contributed by atoms with Gasteiger partial charge in [-0.15, -0.1) is 11.8 Å². The highest BCUT2D eigenvalue weighted by Crippen LogP contribution is 2.35. The van der Waals surface area contributed by atoms with Gasteiger partial charge < -0.3 is 5.32 Å². The van der Waals surface area contributed by atoms with Crippen molar-refractivity contribution >= 4 is 27.7 Å². The molecule has 1 aromatic rings. The molecule has 82 valence electrons. The second-order valence-electron chi connectivity index (χ2n) is 4.00. The molecule has 2 rings (SSSR count). The number of benzene rings is 1. The summed E-state index contributed by atoms with van der Waals surface area (Å²) in [4.78, 5) is 1.36. The van der Waals surface area contributed by atoms with Crippen LogP contribution in [-0.2, 0) is 0 Å². The zero-order valence-electron chi connectivity index (χ0n) is 8.87. The number of rotatable bonds is 5. The summed E-state index contributed by atoms with van der Waals surface area (Å²) in [6, 6.07) is 9.25. The number of hydrogen-bond acceptors (Lipinski definition) is 2. The maximum Gasteiger partial charge on any atom is 0.0186 e. The lowest BCUT2D eigenvalue weighted by Crippen LogP contribution is -2.29. The second kappa shape index (κ2) is 5.37. The molecule has 0 bridgehead atoms. The maximum absolute atomic E-state index is 3.45. The molecule has 0 aliphatic heterocycles. The van der Waals surface area contributed by atoms with Gasteiger partial charge in [-0.25, -0.2) is 0 Å². The first-order valence-electron chi connectivity index (χ1n) is 5.35. The van der Waals surface area contributed by atoms with Crippen molar-refractivity contribution in [3.8, 4) is 0 Å². The molecule has 1 nitrogen and oxygen atoms in total. The van der Waals surface area contributed by atoms with E-state index in [2.05, 4.69) is 52.6 Å². The largest absolute Gasteiger partial charge is 0.316 e. The maximum atomic E-state index is 3.45. The highest BCUT2D eigenvalue weighted by molar-refractivity contribution is 9.10. The van der Waals surface area contributed by atoms with Crippen molar-refractivity contribution in [1.82, 2.24) is 5.32 Å². The third-order valence-electron chi connectivity index (χ3n) is 2.81. The zero-order chi connectivity index (χ0) is 10.7. The van der Waals surface area contributed by atoms with Gasteiger partial charge in [-0.3, -0.25) is 0 Å². The Bertz CT molecular complexity index is 308. The number of halogens is 1. The molecule has 1 aliphatic rings. The minimum absolute atomic E-state index is 0.693. The van der Waals surface area contributed by atoms with E-state index in [1.165, 1.54) is 23.5 Å². The van der Waals surface area contributed by atoms with E-state index in [-0.39, 0.29) is 0 Å². The van der Waals surface area contributed by atoms with Crippen LogP contribution in [0.4, 0.5) is 0 Å². The monoisotopic (exact) mass is 285 g/mol. The van der Waals surface area contributed by atoms with Gasteiger partial charge in [0.25, 0.3) is 0 Å². The lowest BCUT2D eigenvalue weighted by molar-refractivity contribution is 0.554. The van der Waals surface area contributed by atoms with E-state index in [0.29, 0.717) is 6.04 Å². The van der Waals surface area contributed by atoms with Crippen LogP contribution in [0.1, 0.15) is 12.8 Å². The number of hydrogen-bond donors (Lipinski definition) is 1. The molecule has 0 amide bonds. The Morgan fingerprint density at radius 1 is 1.40 bits per heavy atom. The molecular formula is C12H16BrNS. The zero-order valence-corrected chi connectivity index (χ0v) is 11.3. The van der Waals surface area contributed by atoms with Crippen LogP contribution >= 0.6 is 27.7 Å². The van der Waals surface area contributed by atoms with Gasteiger partial charge in [0.1, 0.15) is 0 Å². The Kier molecular flexibility index (Phi) is 4.12. The van der Waals surface area contributed by atoms with Gasteiger partial charge in [0, 0.05) is 21.2 Å². The third-order valence-corrected chi connectivity index (χ3v) is 4.46. The number of thioether (sulfide) groups is 1. The van der Waals surface area contributed by atoms with Crippen molar-refractivity contribution in [2.24, 2.45) is 5.92 Å². The van der Waals surface area contributed by atoms with E-state index in [9.17, 15) is 0 Å². The summed E-state index contributed by atoms with van der Waals surface area (Å²) in [6.07, 6.45) is 2.82. The summed E-state index contributed by atoms with van der Waals surface area (Å²) >= 11 is 5.40.